The lowest BCUT2D eigenvalue weighted by Gasteiger charge is -2.31. The monoisotopic (exact) mass is 392 g/mol. The summed E-state index contributed by atoms with van der Waals surface area (Å²) in [7, 11) is -3.77. The average molecular weight is 392 g/mol. The quantitative estimate of drug-likeness (QED) is 0.810. The number of carbonyl (C=O) groups is 1. The maximum atomic E-state index is 13.0. The van der Waals surface area contributed by atoms with Crippen LogP contribution in [-0.2, 0) is 14.8 Å². The van der Waals surface area contributed by atoms with Gasteiger partial charge in [0.05, 0.1) is 5.92 Å². The zero-order valence-corrected chi connectivity index (χ0v) is 15.9. The van der Waals surface area contributed by atoms with Gasteiger partial charge in [-0.15, -0.1) is 0 Å². The number of nitrogens with one attached hydrogen (secondary N) is 2. The number of H-pyrrole nitrogens is 1. The van der Waals surface area contributed by atoms with Crippen molar-refractivity contribution >= 4 is 15.9 Å². The van der Waals surface area contributed by atoms with Gasteiger partial charge in [0.25, 0.3) is 10.0 Å². The first kappa shape index (κ1) is 18.2. The van der Waals surface area contributed by atoms with Crippen LogP contribution in [0.4, 0.5) is 0 Å². The normalized spacial score (nSPS) is 22.1. The number of furan rings is 1. The van der Waals surface area contributed by atoms with Crippen molar-refractivity contribution in [3.8, 4) is 11.5 Å². The Hall–Kier alpha value is -2.13. The molecule has 2 aliphatic rings. The van der Waals surface area contributed by atoms with Gasteiger partial charge in [0, 0.05) is 25.3 Å². The molecule has 146 valence electrons. The average Bonchev–Trinajstić information content (AvgIpc) is 3.42. The highest BCUT2D eigenvalue weighted by molar-refractivity contribution is 7.89. The highest BCUT2D eigenvalue weighted by Gasteiger charge is 2.35. The number of rotatable bonds is 5. The van der Waals surface area contributed by atoms with Crippen molar-refractivity contribution in [3.63, 3.8) is 0 Å². The van der Waals surface area contributed by atoms with Crippen LogP contribution in [0.3, 0.4) is 0 Å². The van der Waals surface area contributed by atoms with Crippen molar-refractivity contribution in [2.75, 3.05) is 13.1 Å². The Labute approximate surface area is 158 Å². The summed E-state index contributed by atoms with van der Waals surface area (Å²) in [5.41, 5.74) is 0.615. The third kappa shape index (κ3) is 3.79. The molecular formula is C18H24N4O4S. The van der Waals surface area contributed by atoms with E-state index in [0.717, 1.165) is 25.7 Å². The van der Waals surface area contributed by atoms with Crippen LogP contribution < -0.4 is 5.32 Å². The van der Waals surface area contributed by atoms with Crippen molar-refractivity contribution in [1.82, 2.24) is 19.8 Å². The molecule has 0 unspecified atom stereocenters. The Bertz CT molecular complexity index is 884. The van der Waals surface area contributed by atoms with Crippen LogP contribution >= 0.6 is 0 Å². The van der Waals surface area contributed by atoms with Gasteiger partial charge < -0.3 is 9.73 Å². The molecule has 1 atom stereocenters. The number of piperidine rings is 1. The second kappa shape index (κ2) is 7.47. The van der Waals surface area contributed by atoms with Crippen LogP contribution in [0.5, 0.6) is 0 Å². The highest BCUT2D eigenvalue weighted by Crippen LogP contribution is 2.28. The number of hydrogen-bond donors (Lipinski definition) is 2. The Morgan fingerprint density at radius 1 is 1.19 bits per heavy atom. The van der Waals surface area contributed by atoms with E-state index in [1.54, 1.807) is 18.3 Å². The molecule has 4 rings (SSSR count). The minimum absolute atomic E-state index is 0.0283. The molecule has 1 amide bonds. The first-order chi connectivity index (χ1) is 13.0. The summed E-state index contributed by atoms with van der Waals surface area (Å²) >= 11 is 0. The molecule has 1 aliphatic heterocycles. The van der Waals surface area contributed by atoms with Crippen LogP contribution in [0.2, 0.25) is 0 Å². The number of aromatic nitrogens is 2. The minimum atomic E-state index is -3.77. The lowest BCUT2D eigenvalue weighted by Crippen LogP contribution is -2.47. The Balaban J connectivity index is 1.46. The first-order valence-electron chi connectivity index (χ1n) is 9.44. The van der Waals surface area contributed by atoms with Crippen LogP contribution in [0.1, 0.15) is 38.5 Å². The predicted octanol–water partition coefficient (Wildman–Crippen LogP) is 2.13. The Kier molecular flexibility index (Phi) is 5.05. The lowest BCUT2D eigenvalue weighted by atomic mass is 9.98. The van der Waals surface area contributed by atoms with Crippen LogP contribution in [0.15, 0.2) is 33.9 Å². The number of hydrogen-bond acceptors (Lipinski definition) is 5. The predicted molar refractivity (Wildman–Crippen MR) is 98.2 cm³/mol. The number of nitrogens with zero attached hydrogens (tertiary/aromatic N) is 2. The van der Waals surface area contributed by atoms with Gasteiger partial charge in [-0.25, -0.2) is 8.42 Å². The van der Waals surface area contributed by atoms with E-state index in [0.29, 0.717) is 30.8 Å². The van der Waals surface area contributed by atoms with E-state index in [1.807, 2.05) is 0 Å². The molecule has 2 aromatic heterocycles. The molecule has 2 N–H and O–H groups in total. The van der Waals surface area contributed by atoms with Gasteiger partial charge >= 0.3 is 0 Å². The van der Waals surface area contributed by atoms with E-state index >= 15 is 0 Å². The van der Waals surface area contributed by atoms with Crippen molar-refractivity contribution in [1.29, 1.82) is 0 Å². The Morgan fingerprint density at radius 2 is 2.00 bits per heavy atom. The molecule has 2 fully saturated rings. The summed E-state index contributed by atoms with van der Waals surface area (Å²) in [6, 6.07) is 5.01. The smallest absolute Gasteiger partial charge is 0.276 e. The summed E-state index contributed by atoms with van der Waals surface area (Å²) in [4.78, 5) is 12.6. The van der Waals surface area contributed by atoms with Gasteiger partial charge in [-0.1, -0.05) is 12.8 Å². The van der Waals surface area contributed by atoms with Crippen LogP contribution in [0, 0.1) is 5.92 Å². The van der Waals surface area contributed by atoms with E-state index in [4.69, 9.17) is 4.42 Å². The number of carbonyl (C=O) groups excluding carboxylic acids is 1. The fourth-order valence-corrected chi connectivity index (χ4v) is 5.32. The van der Waals surface area contributed by atoms with Gasteiger partial charge in [0.2, 0.25) is 11.0 Å². The molecule has 1 saturated carbocycles. The van der Waals surface area contributed by atoms with Gasteiger partial charge in [0.15, 0.2) is 5.76 Å². The van der Waals surface area contributed by atoms with Gasteiger partial charge in [-0.3, -0.25) is 9.89 Å². The van der Waals surface area contributed by atoms with Crippen molar-refractivity contribution < 1.29 is 17.6 Å². The second-order valence-electron chi connectivity index (χ2n) is 7.28. The lowest BCUT2D eigenvalue weighted by molar-refractivity contribution is -0.126. The van der Waals surface area contributed by atoms with E-state index in [9.17, 15) is 13.2 Å². The van der Waals surface area contributed by atoms with Gasteiger partial charge in [0.1, 0.15) is 5.69 Å². The molecule has 1 saturated heterocycles. The molecule has 0 bridgehead atoms. The minimum Gasteiger partial charge on any atom is -0.442 e. The first-order valence-corrected chi connectivity index (χ1v) is 10.9. The molecule has 0 spiro atoms. The van der Waals surface area contributed by atoms with Crippen molar-refractivity contribution in [3.05, 3.63) is 24.4 Å². The maximum absolute atomic E-state index is 13.0. The molecule has 1 aliphatic carbocycles. The number of amides is 1. The van der Waals surface area contributed by atoms with E-state index in [-0.39, 0.29) is 29.5 Å². The van der Waals surface area contributed by atoms with E-state index in [1.165, 1.54) is 10.4 Å². The van der Waals surface area contributed by atoms with E-state index in [2.05, 4.69) is 15.5 Å². The molecule has 2 aromatic rings. The fraction of sp³-hybridized carbons (Fsp3) is 0.556. The third-order valence-corrected chi connectivity index (χ3v) is 7.14. The number of sulfonamides is 1. The molecule has 27 heavy (non-hydrogen) atoms. The largest absolute Gasteiger partial charge is 0.442 e. The molecule has 0 aromatic carbocycles. The van der Waals surface area contributed by atoms with Gasteiger partial charge in [-0.2, -0.15) is 9.40 Å². The Morgan fingerprint density at radius 3 is 2.74 bits per heavy atom. The second-order valence-corrected chi connectivity index (χ2v) is 9.15. The molecular weight excluding hydrogens is 368 g/mol. The van der Waals surface area contributed by atoms with Crippen LogP contribution in [-0.4, -0.2) is 48.0 Å². The summed E-state index contributed by atoms with van der Waals surface area (Å²) < 4.78 is 32.8. The topological polar surface area (TPSA) is 108 Å². The summed E-state index contributed by atoms with van der Waals surface area (Å²) in [6.45, 7) is 0.594. The van der Waals surface area contributed by atoms with Gasteiger partial charge in [-0.05, 0) is 43.9 Å². The zero-order valence-electron chi connectivity index (χ0n) is 15.1. The summed E-state index contributed by atoms with van der Waals surface area (Å²) in [5.74, 6) is 0.0779. The third-order valence-electron chi connectivity index (χ3n) is 5.40. The standard InChI is InChI=1S/C18H24N4O4S/c23-18(20-14-5-1-2-6-14)13-4-3-11-22(12-13)27(24,25)17-8-7-16(26-17)15-9-10-19-21-15/h7-10,13-14H,1-6,11-12H2,(H,19,21)(H,20,23)/t13-/m0/s1. The SMILES string of the molecule is O=C(NC1CCCC1)[C@H]1CCCN(S(=O)(=O)c2ccc(-c3ccn[nH]3)o2)C1. The number of aromatic amines is 1. The summed E-state index contributed by atoms with van der Waals surface area (Å²) in [6.07, 6.45) is 7.27. The van der Waals surface area contributed by atoms with Crippen LogP contribution in [0.25, 0.3) is 11.5 Å². The molecule has 0 radical (unpaired) electrons. The molecule has 8 nitrogen and oxygen atoms in total. The zero-order chi connectivity index (χ0) is 18.9. The maximum Gasteiger partial charge on any atom is 0.276 e. The molecule has 3 heterocycles. The van der Waals surface area contributed by atoms with E-state index < -0.39 is 10.0 Å². The summed E-state index contributed by atoms with van der Waals surface area (Å²) in [5, 5.41) is 9.57. The fourth-order valence-electron chi connectivity index (χ4n) is 3.89. The van der Waals surface area contributed by atoms with Crippen molar-refractivity contribution in [2.45, 2.75) is 49.7 Å². The molecule has 9 heteroatoms. The highest BCUT2D eigenvalue weighted by atomic mass is 32.2. The van der Waals surface area contributed by atoms with Crippen molar-refractivity contribution in [2.24, 2.45) is 5.92 Å².